The van der Waals surface area contributed by atoms with E-state index < -0.39 is 11.8 Å². The molecule has 1 aromatic rings. The smallest absolute Gasteiger partial charge is 0.329 e. The molecule has 2 amide bonds. The third-order valence-corrected chi connectivity index (χ3v) is 2.64. The summed E-state index contributed by atoms with van der Waals surface area (Å²) in [5.41, 5.74) is 2.81. The maximum atomic E-state index is 11.3. The summed E-state index contributed by atoms with van der Waals surface area (Å²) in [6, 6.07) is 5.14. The minimum absolute atomic E-state index is 0.380. The number of carbonyl (C=O) groups is 2. The fourth-order valence-electron chi connectivity index (χ4n) is 1.38. The Morgan fingerprint density at radius 3 is 2.71 bits per heavy atom. The van der Waals surface area contributed by atoms with Crippen LogP contribution in [0.15, 0.2) is 23.3 Å². The van der Waals surface area contributed by atoms with Crippen molar-refractivity contribution < 1.29 is 14.3 Å². The van der Waals surface area contributed by atoms with Crippen LogP contribution in [0.25, 0.3) is 0 Å². The highest BCUT2D eigenvalue weighted by Gasteiger charge is 2.10. The second-order valence-corrected chi connectivity index (χ2v) is 4.50. The summed E-state index contributed by atoms with van der Waals surface area (Å²) in [6.45, 7) is 4.70. The van der Waals surface area contributed by atoms with Gasteiger partial charge in [-0.15, -0.1) is 0 Å². The number of hydrogen-bond acceptors (Lipinski definition) is 4. The lowest BCUT2D eigenvalue weighted by Gasteiger charge is -2.06. The normalized spacial score (nSPS) is 10.4. The number of hydrogen-bond donors (Lipinski definition) is 2. The topological polar surface area (TPSA) is 79.8 Å². The lowest BCUT2D eigenvalue weighted by atomic mass is 10.2. The predicted octanol–water partition coefficient (Wildman–Crippen LogP) is 1.71. The molecule has 0 heterocycles. The molecule has 0 aliphatic heterocycles. The number of nitrogens with one attached hydrogen (secondary N) is 2. The summed E-state index contributed by atoms with van der Waals surface area (Å²) in [5, 5.41) is 6.52. The summed E-state index contributed by atoms with van der Waals surface area (Å²) in [7, 11) is 0. The first-order valence-electron chi connectivity index (χ1n) is 6.62. The van der Waals surface area contributed by atoms with Crippen LogP contribution in [0.3, 0.4) is 0 Å². The lowest BCUT2D eigenvalue weighted by Crippen LogP contribution is -2.37. The largest absolute Gasteiger partial charge is 0.492 e. The average molecular weight is 312 g/mol. The highest BCUT2D eigenvalue weighted by atomic mass is 35.5. The first-order chi connectivity index (χ1) is 10.1. The first kappa shape index (κ1) is 17.0. The van der Waals surface area contributed by atoms with Gasteiger partial charge in [0, 0.05) is 6.54 Å². The zero-order valence-corrected chi connectivity index (χ0v) is 12.7. The molecule has 21 heavy (non-hydrogen) atoms. The Labute approximate surface area is 128 Å². The summed E-state index contributed by atoms with van der Waals surface area (Å²) in [6.07, 6.45) is 2.29. The van der Waals surface area contributed by atoms with Crippen LogP contribution in [-0.2, 0) is 9.59 Å². The summed E-state index contributed by atoms with van der Waals surface area (Å²) in [5.74, 6) is -0.944. The minimum atomic E-state index is -0.818. The van der Waals surface area contributed by atoms with Crippen LogP contribution < -0.4 is 15.5 Å². The van der Waals surface area contributed by atoms with Crippen molar-refractivity contribution in [1.82, 2.24) is 10.7 Å². The van der Waals surface area contributed by atoms with Crippen molar-refractivity contribution in [2.24, 2.45) is 5.10 Å². The Bertz CT molecular complexity index is 532. The van der Waals surface area contributed by atoms with Crippen LogP contribution >= 0.6 is 11.6 Å². The van der Waals surface area contributed by atoms with E-state index in [0.717, 1.165) is 6.42 Å². The Morgan fingerprint density at radius 1 is 1.33 bits per heavy atom. The molecule has 0 atom stereocenters. The number of halogens is 1. The van der Waals surface area contributed by atoms with Gasteiger partial charge in [0.25, 0.3) is 0 Å². The summed E-state index contributed by atoms with van der Waals surface area (Å²) >= 11 is 6.06. The lowest BCUT2D eigenvalue weighted by molar-refractivity contribution is -0.139. The molecule has 0 spiro atoms. The third kappa shape index (κ3) is 5.83. The van der Waals surface area contributed by atoms with Crippen molar-refractivity contribution in [1.29, 1.82) is 0 Å². The van der Waals surface area contributed by atoms with E-state index in [2.05, 4.69) is 15.8 Å². The first-order valence-corrected chi connectivity index (χ1v) is 6.99. The Kier molecular flexibility index (Phi) is 7.25. The third-order valence-electron chi connectivity index (χ3n) is 2.34. The molecule has 0 saturated carbocycles. The van der Waals surface area contributed by atoms with Gasteiger partial charge in [-0.1, -0.05) is 18.5 Å². The van der Waals surface area contributed by atoms with E-state index in [0.29, 0.717) is 29.5 Å². The van der Waals surface area contributed by atoms with E-state index in [1.165, 1.54) is 6.21 Å². The van der Waals surface area contributed by atoms with E-state index in [1.54, 1.807) is 25.1 Å². The SMILES string of the molecule is CCCOc1ccc(/C=N\NC(=O)C(=O)NCC)cc1Cl. The van der Waals surface area contributed by atoms with Crippen molar-refractivity contribution in [2.45, 2.75) is 20.3 Å². The van der Waals surface area contributed by atoms with Crippen molar-refractivity contribution in [2.75, 3.05) is 13.2 Å². The number of likely N-dealkylation sites (N-methyl/N-ethyl adjacent to an activating group) is 1. The fraction of sp³-hybridized carbons (Fsp3) is 0.357. The monoisotopic (exact) mass is 311 g/mol. The number of benzene rings is 1. The van der Waals surface area contributed by atoms with Gasteiger partial charge < -0.3 is 10.1 Å². The van der Waals surface area contributed by atoms with Crippen LogP contribution in [-0.4, -0.2) is 31.2 Å². The maximum absolute atomic E-state index is 11.3. The second kappa shape index (κ2) is 8.97. The van der Waals surface area contributed by atoms with Crippen molar-refractivity contribution >= 4 is 29.6 Å². The number of nitrogens with zero attached hydrogens (tertiary/aromatic N) is 1. The molecule has 0 fully saturated rings. The number of ether oxygens (including phenoxy) is 1. The van der Waals surface area contributed by atoms with E-state index in [-0.39, 0.29) is 0 Å². The molecule has 0 aliphatic rings. The molecule has 0 aromatic heterocycles. The zero-order chi connectivity index (χ0) is 15.7. The van der Waals surface area contributed by atoms with Crippen LogP contribution in [0.5, 0.6) is 5.75 Å². The fourth-order valence-corrected chi connectivity index (χ4v) is 1.63. The summed E-state index contributed by atoms with van der Waals surface area (Å²) in [4.78, 5) is 22.4. The molecule has 0 radical (unpaired) electrons. The average Bonchev–Trinajstić information content (AvgIpc) is 2.46. The van der Waals surface area contributed by atoms with Crippen LogP contribution in [0.4, 0.5) is 0 Å². The summed E-state index contributed by atoms with van der Waals surface area (Å²) < 4.78 is 5.44. The minimum Gasteiger partial charge on any atom is -0.492 e. The number of amides is 2. The molecule has 0 aliphatic carbocycles. The molecular formula is C14H18ClN3O3. The standard InChI is InChI=1S/C14H18ClN3O3/c1-3-7-21-12-6-5-10(8-11(12)15)9-17-18-14(20)13(19)16-4-2/h5-6,8-9H,3-4,7H2,1-2H3,(H,16,19)(H,18,20)/b17-9-. The molecule has 0 saturated heterocycles. The van der Waals surface area contributed by atoms with Crippen molar-refractivity contribution in [3.05, 3.63) is 28.8 Å². The number of hydrazone groups is 1. The van der Waals surface area contributed by atoms with Crippen LogP contribution in [0, 0.1) is 0 Å². The molecule has 7 heteroatoms. The van der Waals surface area contributed by atoms with Gasteiger partial charge in [0.2, 0.25) is 0 Å². The van der Waals surface area contributed by atoms with Crippen LogP contribution in [0.1, 0.15) is 25.8 Å². The number of rotatable bonds is 6. The highest BCUT2D eigenvalue weighted by molar-refractivity contribution is 6.35. The van der Waals surface area contributed by atoms with Gasteiger partial charge >= 0.3 is 11.8 Å². The second-order valence-electron chi connectivity index (χ2n) is 4.10. The zero-order valence-electron chi connectivity index (χ0n) is 12.0. The van der Waals surface area contributed by atoms with Gasteiger partial charge in [0.15, 0.2) is 0 Å². The van der Waals surface area contributed by atoms with Gasteiger partial charge in [-0.2, -0.15) is 5.10 Å². The quantitative estimate of drug-likeness (QED) is 0.477. The maximum Gasteiger partial charge on any atom is 0.329 e. The van der Waals surface area contributed by atoms with E-state index in [1.807, 2.05) is 6.92 Å². The highest BCUT2D eigenvalue weighted by Crippen LogP contribution is 2.24. The van der Waals surface area contributed by atoms with Gasteiger partial charge in [-0.3, -0.25) is 9.59 Å². The molecule has 6 nitrogen and oxygen atoms in total. The predicted molar refractivity (Wildman–Crippen MR) is 81.7 cm³/mol. The van der Waals surface area contributed by atoms with Crippen molar-refractivity contribution in [3.8, 4) is 5.75 Å². The van der Waals surface area contributed by atoms with Gasteiger partial charge in [-0.05, 0) is 37.1 Å². The van der Waals surface area contributed by atoms with Crippen molar-refractivity contribution in [3.63, 3.8) is 0 Å². The van der Waals surface area contributed by atoms with E-state index in [9.17, 15) is 9.59 Å². The molecule has 2 N–H and O–H groups in total. The Balaban J connectivity index is 2.59. The molecule has 0 bridgehead atoms. The molecule has 0 unspecified atom stereocenters. The van der Waals surface area contributed by atoms with E-state index in [4.69, 9.17) is 16.3 Å². The van der Waals surface area contributed by atoms with Crippen LogP contribution in [0.2, 0.25) is 5.02 Å². The van der Waals surface area contributed by atoms with Gasteiger partial charge in [0.05, 0.1) is 17.8 Å². The molecular weight excluding hydrogens is 294 g/mol. The molecule has 114 valence electrons. The molecule has 1 aromatic carbocycles. The Morgan fingerprint density at radius 2 is 2.10 bits per heavy atom. The van der Waals surface area contributed by atoms with Gasteiger partial charge in [0.1, 0.15) is 5.75 Å². The number of carbonyl (C=O) groups excluding carboxylic acids is 2. The Hall–Kier alpha value is -2.08. The van der Waals surface area contributed by atoms with E-state index >= 15 is 0 Å². The molecule has 1 rings (SSSR count). The van der Waals surface area contributed by atoms with Gasteiger partial charge in [-0.25, -0.2) is 5.43 Å².